The van der Waals surface area contributed by atoms with Crippen molar-refractivity contribution in [3.63, 3.8) is 0 Å². The molecule has 0 aliphatic heterocycles. The Morgan fingerprint density at radius 3 is 2.83 bits per heavy atom. The first kappa shape index (κ1) is 8.80. The summed E-state index contributed by atoms with van der Waals surface area (Å²) in [4.78, 5) is 10.9. The van der Waals surface area contributed by atoms with Crippen LogP contribution in [0.2, 0.25) is 0 Å². The Morgan fingerprint density at radius 2 is 2.42 bits per heavy atom. The fourth-order valence-electron chi connectivity index (χ4n) is 0.924. The number of carbonyl (C=O) groups is 1. The summed E-state index contributed by atoms with van der Waals surface area (Å²) in [5, 5.41) is 0. The highest BCUT2D eigenvalue weighted by Crippen LogP contribution is 2.14. The van der Waals surface area contributed by atoms with E-state index < -0.39 is 5.97 Å². The molecule has 4 heteroatoms. The van der Waals surface area contributed by atoms with E-state index in [1.54, 1.807) is 13.0 Å². The maximum atomic E-state index is 10.9. The lowest BCUT2D eigenvalue weighted by atomic mass is 10.2. The van der Waals surface area contributed by atoms with E-state index in [2.05, 4.69) is 4.74 Å². The zero-order chi connectivity index (χ0) is 9.14. The second kappa shape index (κ2) is 3.40. The Balaban J connectivity index is 2.96. The fourth-order valence-corrected chi connectivity index (χ4v) is 0.924. The van der Waals surface area contributed by atoms with Crippen molar-refractivity contribution in [3.8, 4) is 0 Å². The van der Waals surface area contributed by atoms with Gasteiger partial charge in [0.1, 0.15) is 5.76 Å². The Labute approximate surface area is 70.3 Å². The lowest BCUT2D eigenvalue weighted by Crippen LogP contribution is -1.99. The number of esters is 1. The van der Waals surface area contributed by atoms with E-state index >= 15 is 0 Å². The van der Waals surface area contributed by atoms with E-state index in [9.17, 15) is 4.79 Å². The maximum absolute atomic E-state index is 10.9. The first-order valence-corrected chi connectivity index (χ1v) is 3.56. The molecular formula is C8H11NO3. The van der Waals surface area contributed by atoms with Gasteiger partial charge >= 0.3 is 5.97 Å². The highest BCUT2D eigenvalue weighted by Gasteiger charge is 2.13. The molecule has 0 saturated carbocycles. The fraction of sp³-hybridized carbons (Fsp3) is 0.375. The van der Waals surface area contributed by atoms with Crippen LogP contribution in [-0.2, 0) is 11.3 Å². The van der Waals surface area contributed by atoms with E-state index in [0.29, 0.717) is 12.3 Å². The van der Waals surface area contributed by atoms with Crippen molar-refractivity contribution in [2.45, 2.75) is 13.5 Å². The van der Waals surface area contributed by atoms with Crippen molar-refractivity contribution in [3.05, 3.63) is 23.2 Å². The molecular weight excluding hydrogens is 158 g/mol. The van der Waals surface area contributed by atoms with Gasteiger partial charge in [0.2, 0.25) is 5.76 Å². The largest absolute Gasteiger partial charge is 0.463 e. The molecule has 0 aromatic carbocycles. The number of furan rings is 1. The van der Waals surface area contributed by atoms with E-state index in [1.807, 2.05) is 0 Å². The molecule has 66 valence electrons. The second-order valence-electron chi connectivity index (χ2n) is 2.39. The van der Waals surface area contributed by atoms with Gasteiger partial charge in [-0.15, -0.1) is 0 Å². The summed E-state index contributed by atoms with van der Waals surface area (Å²) in [6, 6.07) is 1.60. The molecule has 1 heterocycles. The van der Waals surface area contributed by atoms with Crippen LogP contribution in [0.25, 0.3) is 0 Å². The highest BCUT2D eigenvalue weighted by atomic mass is 16.5. The summed E-state index contributed by atoms with van der Waals surface area (Å²) in [7, 11) is 1.31. The summed E-state index contributed by atoms with van der Waals surface area (Å²) in [5.41, 5.74) is 6.22. The number of aryl methyl sites for hydroxylation is 1. The molecule has 0 bridgehead atoms. The minimum atomic E-state index is -0.474. The molecule has 4 nitrogen and oxygen atoms in total. The van der Waals surface area contributed by atoms with Crippen LogP contribution in [0, 0.1) is 6.92 Å². The number of ether oxygens (including phenoxy) is 1. The van der Waals surface area contributed by atoms with Crippen LogP contribution >= 0.6 is 0 Å². The second-order valence-corrected chi connectivity index (χ2v) is 2.39. The zero-order valence-corrected chi connectivity index (χ0v) is 7.09. The summed E-state index contributed by atoms with van der Waals surface area (Å²) in [5.74, 6) is 0.395. The van der Waals surface area contributed by atoms with Crippen LogP contribution in [0.3, 0.4) is 0 Å². The Kier molecular flexibility index (Phi) is 2.50. The first-order valence-electron chi connectivity index (χ1n) is 3.56. The maximum Gasteiger partial charge on any atom is 0.373 e. The molecule has 1 aromatic rings. The molecule has 0 aliphatic carbocycles. The standard InChI is InChI=1S/C8H11NO3/c1-5-6(4-9)3-7(12-5)8(10)11-2/h3H,4,9H2,1-2H3. The summed E-state index contributed by atoms with van der Waals surface area (Å²) >= 11 is 0. The minimum absolute atomic E-state index is 0.204. The monoisotopic (exact) mass is 169 g/mol. The Hall–Kier alpha value is -1.29. The highest BCUT2D eigenvalue weighted by molar-refractivity contribution is 5.86. The molecule has 0 aliphatic rings. The molecule has 12 heavy (non-hydrogen) atoms. The SMILES string of the molecule is COC(=O)c1cc(CN)c(C)o1. The number of hydrogen-bond donors (Lipinski definition) is 1. The predicted octanol–water partition coefficient (Wildman–Crippen LogP) is 0.833. The quantitative estimate of drug-likeness (QED) is 0.666. The number of methoxy groups -OCH3 is 1. The molecule has 0 radical (unpaired) electrons. The molecule has 1 aromatic heterocycles. The predicted molar refractivity (Wildman–Crippen MR) is 42.7 cm³/mol. The van der Waals surface area contributed by atoms with Gasteiger partial charge in [0.15, 0.2) is 0 Å². The average molecular weight is 169 g/mol. The summed E-state index contributed by atoms with van der Waals surface area (Å²) in [6.07, 6.45) is 0. The van der Waals surface area contributed by atoms with Crippen LogP contribution in [0.1, 0.15) is 21.9 Å². The lowest BCUT2D eigenvalue weighted by molar-refractivity contribution is 0.0563. The van der Waals surface area contributed by atoms with Crippen molar-refractivity contribution in [2.24, 2.45) is 5.73 Å². The molecule has 0 fully saturated rings. The van der Waals surface area contributed by atoms with Gasteiger partial charge in [0.25, 0.3) is 0 Å². The van der Waals surface area contributed by atoms with Gasteiger partial charge in [0, 0.05) is 12.1 Å². The lowest BCUT2D eigenvalue weighted by Gasteiger charge is -1.90. The normalized spacial score (nSPS) is 9.92. The smallest absolute Gasteiger partial charge is 0.373 e. The third kappa shape index (κ3) is 1.48. The van der Waals surface area contributed by atoms with E-state index in [1.165, 1.54) is 7.11 Å². The molecule has 0 spiro atoms. The zero-order valence-electron chi connectivity index (χ0n) is 7.09. The van der Waals surface area contributed by atoms with Crippen molar-refractivity contribution in [1.82, 2.24) is 0 Å². The molecule has 0 saturated heterocycles. The van der Waals surface area contributed by atoms with Crippen LogP contribution in [-0.4, -0.2) is 13.1 Å². The summed E-state index contributed by atoms with van der Waals surface area (Å²) < 4.78 is 9.58. The van der Waals surface area contributed by atoms with Crippen molar-refractivity contribution in [1.29, 1.82) is 0 Å². The third-order valence-electron chi connectivity index (χ3n) is 1.63. The van der Waals surface area contributed by atoms with Crippen LogP contribution < -0.4 is 5.73 Å². The average Bonchev–Trinajstić information content (AvgIpc) is 2.45. The van der Waals surface area contributed by atoms with Gasteiger partial charge in [-0.05, 0) is 13.0 Å². The van der Waals surface area contributed by atoms with Gasteiger partial charge < -0.3 is 14.9 Å². The Bertz CT molecular complexity index is 290. The molecule has 1 rings (SSSR count). The molecule has 0 unspecified atom stereocenters. The van der Waals surface area contributed by atoms with E-state index in [4.69, 9.17) is 10.2 Å². The van der Waals surface area contributed by atoms with Gasteiger partial charge in [0.05, 0.1) is 7.11 Å². The third-order valence-corrected chi connectivity index (χ3v) is 1.63. The number of carbonyl (C=O) groups excluding carboxylic acids is 1. The minimum Gasteiger partial charge on any atom is -0.463 e. The van der Waals surface area contributed by atoms with Gasteiger partial charge in [-0.25, -0.2) is 4.79 Å². The number of hydrogen-bond acceptors (Lipinski definition) is 4. The molecule has 0 amide bonds. The first-order chi connectivity index (χ1) is 5.69. The van der Waals surface area contributed by atoms with Crippen LogP contribution in [0.5, 0.6) is 0 Å². The topological polar surface area (TPSA) is 65.5 Å². The number of nitrogens with two attached hydrogens (primary N) is 1. The van der Waals surface area contributed by atoms with Gasteiger partial charge in [-0.1, -0.05) is 0 Å². The van der Waals surface area contributed by atoms with Gasteiger partial charge in [-0.2, -0.15) is 0 Å². The van der Waals surface area contributed by atoms with Crippen LogP contribution in [0.4, 0.5) is 0 Å². The van der Waals surface area contributed by atoms with Gasteiger partial charge in [-0.3, -0.25) is 0 Å². The number of rotatable bonds is 2. The molecule has 2 N–H and O–H groups in total. The Morgan fingerprint density at radius 1 is 1.75 bits per heavy atom. The van der Waals surface area contributed by atoms with E-state index in [-0.39, 0.29) is 5.76 Å². The van der Waals surface area contributed by atoms with Crippen molar-refractivity contribution < 1.29 is 13.9 Å². The van der Waals surface area contributed by atoms with Crippen molar-refractivity contribution in [2.75, 3.05) is 7.11 Å². The van der Waals surface area contributed by atoms with E-state index in [0.717, 1.165) is 5.56 Å². The van der Waals surface area contributed by atoms with Crippen LogP contribution in [0.15, 0.2) is 10.5 Å². The summed E-state index contributed by atoms with van der Waals surface area (Å²) in [6.45, 7) is 2.13. The molecule has 0 atom stereocenters. The van der Waals surface area contributed by atoms with Crippen molar-refractivity contribution >= 4 is 5.97 Å².